The van der Waals surface area contributed by atoms with Gasteiger partial charge < -0.3 is 14.8 Å². The van der Waals surface area contributed by atoms with Crippen LogP contribution in [0.2, 0.25) is 5.02 Å². The van der Waals surface area contributed by atoms with Crippen molar-refractivity contribution >= 4 is 34.5 Å². The van der Waals surface area contributed by atoms with E-state index in [0.29, 0.717) is 33.9 Å². The van der Waals surface area contributed by atoms with Crippen molar-refractivity contribution in [2.24, 2.45) is 0 Å². The molecule has 4 nitrogen and oxygen atoms in total. The number of nitrogens with one attached hydrogen (secondary N) is 1. The second kappa shape index (κ2) is 9.13. The van der Waals surface area contributed by atoms with Crippen molar-refractivity contribution < 1.29 is 14.3 Å². The number of carbonyl (C=O) groups excluding carboxylic acids is 1. The van der Waals surface area contributed by atoms with Gasteiger partial charge in [0, 0.05) is 11.3 Å². The maximum absolute atomic E-state index is 12.5. The summed E-state index contributed by atoms with van der Waals surface area (Å²) in [4.78, 5) is 13.1. The molecule has 0 unspecified atom stereocenters. The minimum absolute atomic E-state index is 0.182. The molecule has 1 aromatic heterocycles. The zero-order valence-corrected chi connectivity index (χ0v) is 17.6. The number of thiophene rings is 1. The van der Waals surface area contributed by atoms with Crippen molar-refractivity contribution in [3.63, 3.8) is 0 Å². The van der Waals surface area contributed by atoms with Crippen molar-refractivity contribution in [1.29, 1.82) is 0 Å². The molecule has 0 saturated carbocycles. The van der Waals surface area contributed by atoms with Crippen molar-refractivity contribution in [3.8, 4) is 11.5 Å². The number of amides is 1. The molecule has 0 atom stereocenters. The van der Waals surface area contributed by atoms with Crippen molar-refractivity contribution in [2.45, 2.75) is 26.4 Å². The van der Waals surface area contributed by atoms with Crippen LogP contribution in [0.5, 0.6) is 11.5 Å². The topological polar surface area (TPSA) is 47.6 Å². The standard InChI is InChI=1S/C22H22ClNO3S/c1-14(2)16-4-7-18(8-5-16)27-12-15-10-21(28-13-15)22(25)24-17-6-9-20(26-3)19(23)11-17/h4-11,13-14H,12H2,1-3H3,(H,24,25). The van der Waals surface area contributed by atoms with Crippen molar-refractivity contribution in [3.05, 3.63) is 74.9 Å². The lowest BCUT2D eigenvalue weighted by Gasteiger charge is -2.08. The van der Waals surface area contributed by atoms with Gasteiger partial charge in [0.1, 0.15) is 18.1 Å². The van der Waals surface area contributed by atoms with Crippen LogP contribution in [0, 0.1) is 0 Å². The summed E-state index contributed by atoms with van der Waals surface area (Å²) in [5, 5.41) is 5.22. The molecule has 0 saturated heterocycles. The molecule has 0 fully saturated rings. The lowest BCUT2D eigenvalue weighted by atomic mass is 10.0. The summed E-state index contributed by atoms with van der Waals surface area (Å²) < 4.78 is 10.9. The first kappa shape index (κ1) is 20.2. The van der Waals surface area contributed by atoms with Crippen molar-refractivity contribution in [1.82, 2.24) is 0 Å². The van der Waals surface area contributed by atoms with Crippen LogP contribution < -0.4 is 14.8 Å². The monoisotopic (exact) mass is 415 g/mol. The molecule has 3 aromatic rings. The average molecular weight is 416 g/mol. The zero-order chi connectivity index (χ0) is 20.1. The van der Waals surface area contributed by atoms with E-state index >= 15 is 0 Å². The van der Waals surface area contributed by atoms with Gasteiger partial charge >= 0.3 is 0 Å². The Morgan fingerprint density at radius 2 is 1.89 bits per heavy atom. The molecule has 1 heterocycles. The number of ether oxygens (including phenoxy) is 2. The van der Waals surface area contributed by atoms with Crippen LogP contribution in [-0.2, 0) is 6.61 Å². The van der Waals surface area contributed by atoms with Gasteiger partial charge in [-0.15, -0.1) is 11.3 Å². The van der Waals surface area contributed by atoms with E-state index < -0.39 is 0 Å². The largest absolute Gasteiger partial charge is 0.495 e. The highest BCUT2D eigenvalue weighted by molar-refractivity contribution is 7.12. The molecule has 0 bridgehead atoms. The molecule has 0 aliphatic heterocycles. The van der Waals surface area contributed by atoms with Gasteiger partial charge in [0.25, 0.3) is 5.91 Å². The Labute approximate surface area is 174 Å². The molecule has 0 spiro atoms. The van der Waals surface area contributed by atoms with Gasteiger partial charge in [0.2, 0.25) is 0 Å². The first-order valence-corrected chi connectivity index (χ1v) is 10.2. The Hall–Kier alpha value is -2.50. The molecule has 0 aliphatic rings. The van der Waals surface area contributed by atoms with Gasteiger partial charge in [-0.3, -0.25) is 4.79 Å². The van der Waals surface area contributed by atoms with E-state index in [1.807, 2.05) is 23.6 Å². The number of hydrogen-bond donors (Lipinski definition) is 1. The highest BCUT2D eigenvalue weighted by Crippen LogP contribution is 2.28. The number of rotatable bonds is 7. The smallest absolute Gasteiger partial charge is 0.265 e. The summed E-state index contributed by atoms with van der Waals surface area (Å²) in [6, 6.07) is 15.1. The van der Waals surface area contributed by atoms with E-state index in [9.17, 15) is 4.79 Å². The zero-order valence-electron chi connectivity index (χ0n) is 16.0. The van der Waals surface area contributed by atoms with Crippen LogP contribution in [0.25, 0.3) is 0 Å². The summed E-state index contributed by atoms with van der Waals surface area (Å²) in [5.74, 6) is 1.69. The minimum atomic E-state index is -0.182. The fourth-order valence-electron chi connectivity index (χ4n) is 2.62. The first-order valence-electron chi connectivity index (χ1n) is 8.91. The molecule has 6 heteroatoms. The molecule has 28 heavy (non-hydrogen) atoms. The lowest BCUT2D eigenvalue weighted by Crippen LogP contribution is -2.10. The highest BCUT2D eigenvalue weighted by atomic mass is 35.5. The summed E-state index contributed by atoms with van der Waals surface area (Å²) >= 11 is 7.48. The van der Waals surface area contributed by atoms with E-state index in [4.69, 9.17) is 21.1 Å². The van der Waals surface area contributed by atoms with Crippen LogP contribution >= 0.6 is 22.9 Å². The number of methoxy groups -OCH3 is 1. The van der Waals surface area contributed by atoms with Crippen LogP contribution in [0.1, 0.15) is 40.6 Å². The maximum atomic E-state index is 12.5. The van der Waals surface area contributed by atoms with Gasteiger partial charge in [-0.05, 0) is 53.3 Å². The Morgan fingerprint density at radius 3 is 2.54 bits per heavy atom. The number of anilines is 1. The Kier molecular flexibility index (Phi) is 6.60. The van der Waals surface area contributed by atoms with Crippen LogP contribution in [-0.4, -0.2) is 13.0 Å². The van der Waals surface area contributed by atoms with Gasteiger partial charge in [-0.1, -0.05) is 37.6 Å². The summed E-state index contributed by atoms with van der Waals surface area (Å²) in [5.41, 5.74) is 2.85. The first-order chi connectivity index (χ1) is 13.5. The maximum Gasteiger partial charge on any atom is 0.265 e. The Bertz CT molecular complexity index is 951. The molecular weight excluding hydrogens is 394 g/mol. The average Bonchev–Trinajstić information content (AvgIpc) is 3.16. The summed E-state index contributed by atoms with van der Waals surface area (Å²) in [6.07, 6.45) is 0. The molecule has 1 N–H and O–H groups in total. The van der Waals surface area contributed by atoms with Gasteiger partial charge in [-0.25, -0.2) is 0 Å². The third kappa shape index (κ3) is 5.06. The van der Waals surface area contributed by atoms with E-state index in [0.717, 1.165) is 11.3 Å². The van der Waals surface area contributed by atoms with E-state index in [1.54, 1.807) is 25.3 Å². The number of benzene rings is 2. The molecular formula is C22H22ClNO3S. The molecule has 0 radical (unpaired) electrons. The van der Waals surface area contributed by atoms with E-state index in [2.05, 4.69) is 31.3 Å². The number of halogens is 1. The SMILES string of the molecule is COc1ccc(NC(=O)c2cc(COc3ccc(C(C)C)cc3)cs2)cc1Cl. The van der Waals surface area contributed by atoms with Gasteiger partial charge in [0.05, 0.1) is 17.0 Å². The Morgan fingerprint density at radius 1 is 1.14 bits per heavy atom. The van der Waals surface area contributed by atoms with Gasteiger partial charge in [-0.2, -0.15) is 0 Å². The summed E-state index contributed by atoms with van der Waals surface area (Å²) in [6.45, 7) is 4.74. The van der Waals surface area contributed by atoms with Crippen LogP contribution in [0.4, 0.5) is 5.69 Å². The second-order valence-electron chi connectivity index (χ2n) is 6.64. The molecule has 146 valence electrons. The van der Waals surface area contributed by atoms with Gasteiger partial charge in [0.15, 0.2) is 0 Å². The summed E-state index contributed by atoms with van der Waals surface area (Å²) in [7, 11) is 1.55. The normalized spacial score (nSPS) is 10.8. The third-order valence-corrected chi connectivity index (χ3v) is 5.51. The number of hydrogen-bond acceptors (Lipinski definition) is 4. The second-order valence-corrected chi connectivity index (χ2v) is 7.95. The predicted octanol–water partition coefficient (Wildman–Crippen LogP) is 6.36. The van der Waals surface area contributed by atoms with E-state index in [-0.39, 0.29) is 5.91 Å². The van der Waals surface area contributed by atoms with E-state index in [1.165, 1.54) is 16.9 Å². The molecule has 0 aliphatic carbocycles. The lowest BCUT2D eigenvalue weighted by molar-refractivity contribution is 0.103. The fraction of sp³-hybridized carbons (Fsp3) is 0.227. The fourth-order valence-corrected chi connectivity index (χ4v) is 3.67. The minimum Gasteiger partial charge on any atom is -0.495 e. The van der Waals surface area contributed by atoms with Crippen molar-refractivity contribution in [2.75, 3.05) is 12.4 Å². The quantitative estimate of drug-likeness (QED) is 0.488. The molecule has 1 amide bonds. The third-order valence-electron chi connectivity index (χ3n) is 4.24. The van der Waals surface area contributed by atoms with Crippen LogP contribution in [0.15, 0.2) is 53.9 Å². The Balaban J connectivity index is 1.58. The number of carbonyl (C=O) groups is 1. The molecule has 3 rings (SSSR count). The van der Waals surface area contributed by atoms with Crippen LogP contribution in [0.3, 0.4) is 0 Å². The molecule has 2 aromatic carbocycles. The highest BCUT2D eigenvalue weighted by Gasteiger charge is 2.11. The predicted molar refractivity (Wildman–Crippen MR) is 115 cm³/mol.